The van der Waals surface area contributed by atoms with Crippen molar-refractivity contribution >= 4 is 5.65 Å². The largest absolute Gasteiger partial charge is 0.416 e. The number of rotatable bonds is 3. The number of pyridine rings is 2. The summed E-state index contributed by atoms with van der Waals surface area (Å²) in [6, 6.07) is 22.6. The fourth-order valence-corrected chi connectivity index (χ4v) is 3.64. The Bertz CT molecular complexity index is 1340. The maximum Gasteiger partial charge on any atom is 0.416 e. The van der Waals surface area contributed by atoms with Crippen LogP contribution in [-0.4, -0.2) is 14.4 Å². The average Bonchev–Trinajstić information content (AvgIpc) is 3.18. The zero-order valence-electron chi connectivity index (χ0n) is 16.2. The molecule has 0 bridgehead atoms. The van der Waals surface area contributed by atoms with Crippen LogP contribution in [0, 0.1) is 0 Å². The van der Waals surface area contributed by atoms with Crippen LogP contribution in [0.5, 0.6) is 0 Å². The molecule has 6 heteroatoms. The first-order valence-corrected chi connectivity index (χ1v) is 9.66. The summed E-state index contributed by atoms with van der Waals surface area (Å²) in [7, 11) is 0. The maximum absolute atomic E-state index is 12.9. The summed E-state index contributed by atoms with van der Waals surface area (Å²) in [4.78, 5) is 9.07. The van der Waals surface area contributed by atoms with Gasteiger partial charge in [0.1, 0.15) is 5.65 Å². The molecule has 3 aromatic heterocycles. The predicted octanol–water partition coefficient (Wildman–Crippen LogP) is 6.75. The number of benzene rings is 2. The van der Waals surface area contributed by atoms with Gasteiger partial charge < -0.3 is 0 Å². The van der Waals surface area contributed by atoms with Gasteiger partial charge in [0.25, 0.3) is 0 Å². The topological polar surface area (TPSA) is 30.2 Å². The van der Waals surface area contributed by atoms with Crippen LogP contribution in [0.2, 0.25) is 0 Å². The molecule has 0 saturated heterocycles. The first kappa shape index (κ1) is 19.1. The summed E-state index contributed by atoms with van der Waals surface area (Å²) in [5, 5.41) is 0. The minimum atomic E-state index is -4.36. The monoisotopic (exact) mass is 415 g/mol. The second-order valence-corrected chi connectivity index (χ2v) is 7.14. The van der Waals surface area contributed by atoms with Crippen LogP contribution in [0.4, 0.5) is 13.2 Å². The van der Waals surface area contributed by atoms with Crippen molar-refractivity contribution in [2.24, 2.45) is 0 Å². The van der Waals surface area contributed by atoms with E-state index in [1.54, 1.807) is 12.4 Å². The van der Waals surface area contributed by atoms with Crippen LogP contribution in [0.15, 0.2) is 97.5 Å². The highest BCUT2D eigenvalue weighted by molar-refractivity contribution is 5.82. The molecule has 31 heavy (non-hydrogen) atoms. The number of alkyl halides is 3. The molecule has 0 radical (unpaired) electrons. The molecule has 3 heterocycles. The number of aromatic nitrogens is 3. The summed E-state index contributed by atoms with van der Waals surface area (Å²) < 4.78 is 40.7. The predicted molar refractivity (Wildman–Crippen MR) is 114 cm³/mol. The molecule has 0 saturated carbocycles. The van der Waals surface area contributed by atoms with Crippen LogP contribution in [-0.2, 0) is 6.18 Å². The highest BCUT2D eigenvalue weighted by Crippen LogP contribution is 2.35. The molecule has 0 amide bonds. The van der Waals surface area contributed by atoms with Gasteiger partial charge in [0, 0.05) is 29.7 Å². The van der Waals surface area contributed by atoms with E-state index in [-0.39, 0.29) is 0 Å². The third kappa shape index (κ3) is 3.57. The van der Waals surface area contributed by atoms with E-state index in [9.17, 15) is 13.2 Å². The molecular formula is C25H16F3N3. The van der Waals surface area contributed by atoms with Crippen LogP contribution in [0.1, 0.15) is 5.56 Å². The van der Waals surface area contributed by atoms with E-state index in [0.717, 1.165) is 45.9 Å². The minimum Gasteiger partial charge on any atom is -0.298 e. The summed E-state index contributed by atoms with van der Waals surface area (Å²) in [6.45, 7) is 0. The van der Waals surface area contributed by atoms with Gasteiger partial charge in [0.2, 0.25) is 0 Å². The zero-order valence-corrected chi connectivity index (χ0v) is 16.2. The second kappa shape index (κ2) is 7.40. The normalized spacial score (nSPS) is 11.7. The van der Waals surface area contributed by atoms with Gasteiger partial charge in [-0.05, 0) is 47.5 Å². The summed E-state index contributed by atoms with van der Waals surface area (Å²) in [6.07, 6.45) is 1.04. The summed E-state index contributed by atoms with van der Waals surface area (Å²) >= 11 is 0. The van der Waals surface area contributed by atoms with E-state index >= 15 is 0 Å². The van der Waals surface area contributed by atoms with E-state index in [2.05, 4.69) is 4.98 Å². The third-order valence-electron chi connectivity index (χ3n) is 5.15. The van der Waals surface area contributed by atoms with E-state index < -0.39 is 11.7 Å². The fraction of sp³-hybridized carbons (Fsp3) is 0.0400. The standard InChI is InChI=1S/C25H16F3N3/c26-25(27,28)21-11-8-17(9-12-21)20-10-13-22-30-23(18-5-2-1-3-6-18)24(31(22)16-20)19-7-4-14-29-15-19/h1-16H. The Morgan fingerprint density at radius 1 is 0.677 bits per heavy atom. The lowest BCUT2D eigenvalue weighted by molar-refractivity contribution is -0.137. The quantitative estimate of drug-likeness (QED) is 0.326. The molecule has 5 rings (SSSR count). The van der Waals surface area contributed by atoms with Crippen molar-refractivity contribution in [3.05, 3.63) is 103 Å². The molecule has 0 aliphatic heterocycles. The molecule has 2 aromatic carbocycles. The Morgan fingerprint density at radius 3 is 2.06 bits per heavy atom. The number of hydrogen-bond donors (Lipinski definition) is 0. The van der Waals surface area contributed by atoms with Gasteiger partial charge in [-0.2, -0.15) is 13.2 Å². The van der Waals surface area contributed by atoms with Gasteiger partial charge >= 0.3 is 6.18 Å². The number of fused-ring (bicyclic) bond motifs is 1. The zero-order chi connectivity index (χ0) is 21.4. The molecule has 0 N–H and O–H groups in total. The van der Waals surface area contributed by atoms with Crippen molar-refractivity contribution in [1.82, 2.24) is 14.4 Å². The first-order valence-electron chi connectivity index (χ1n) is 9.66. The van der Waals surface area contributed by atoms with Crippen molar-refractivity contribution < 1.29 is 13.2 Å². The number of imidazole rings is 1. The molecule has 0 spiro atoms. The van der Waals surface area contributed by atoms with Crippen molar-refractivity contribution in [3.63, 3.8) is 0 Å². The molecule has 0 unspecified atom stereocenters. The molecule has 0 aliphatic carbocycles. The SMILES string of the molecule is FC(F)(F)c1ccc(-c2ccc3nc(-c4ccccc4)c(-c4cccnc4)n3c2)cc1. The molecule has 0 atom stereocenters. The first-order chi connectivity index (χ1) is 15.0. The number of hydrogen-bond acceptors (Lipinski definition) is 2. The van der Waals surface area contributed by atoms with Gasteiger partial charge in [-0.1, -0.05) is 42.5 Å². The Morgan fingerprint density at radius 2 is 1.39 bits per heavy atom. The van der Waals surface area contributed by atoms with Gasteiger partial charge in [0.15, 0.2) is 0 Å². The van der Waals surface area contributed by atoms with E-state index in [4.69, 9.17) is 4.98 Å². The minimum absolute atomic E-state index is 0.664. The average molecular weight is 415 g/mol. The fourth-order valence-electron chi connectivity index (χ4n) is 3.64. The molecule has 152 valence electrons. The summed E-state index contributed by atoms with van der Waals surface area (Å²) in [5.74, 6) is 0. The van der Waals surface area contributed by atoms with Crippen LogP contribution >= 0.6 is 0 Å². The lowest BCUT2D eigenvalue weighted by Crippen LogP contribution is -2.04. The lowest BCUT2D eigenvalue weighted by Gasteiger charge is -2.09. The third-order valence-corrected chi connectivity index (χ3v) is 5.15. The van der Waals surface area contributed by atoms with Crippen molar-refractivity contribution in [3.8, 4) is 33.6 Å². The molecule has 3 nitrogen and oxygen atoms in total. The van der Waals surface area contributed by atoms with Crippen molar-refractivity contribution in [2.45, 2.75) is 6.18 Å². The number of nitrogens with zero attached hydrogens (tertiary/aromatic N) is 3. The highest BCUT2D eigenvalue weighted by atomic mass is 19.4. The molecule has 0 fully saturated rings. The van der Waals surface area contributed by atoms with E-state index in [1.807, 2.05) is 65.2 Å². The Kier molecular flexibility index (Phi) is 4.55. The molecular weight excluding hydrogens is 399 g/mol. The van der Waals surface area contributed by atoms with Crippen molar-refractivity contribution in [2.75, 3.05) is 0 Å². The van der Waals surface area contributed by atoms with Gasteiger partial charge in [-0.15, -0.1) is 0 Å². The summed E-state index contributed by atoms with van der Waals surface area (Å²) in [5.41, 5.74) is 5.14. The van der Waals surface area contributed by atoms with Crippen molar-refractivity contribution in [1.29, 1.82) is 0 Å². The second-order valence-electron chi connectivity index (χ2n) is 7.14. The number of halogens is 3. The van der Waals surface area contributed by atoms with Crippen LogP contribution in [0.25, 0.3) is 39.3 Å². The van der Waals surface area contributed by atoms with E-state index in [0.29, 0.717) is 5.56 Å². The molecule has 5 aromatic rings. The van der Waals surface area contributed by atoms with E-state index in [1.165, 1.54) is 12.1 Å². The van der Waals surface area contributed by atoms with Gasteiger partial charge in [-0.3, -0.25) is 9.38 Å². The Balaban J connectivity index is 1.70. The smallest absolute Gasteiger partial charge is 0.298 e. The highest BCUT2D eigenvalue weighted by Gasteiger charge is 2.30. The Labute approximate surface area is 176 Å². The van der Waals surface area contributed by atoms with Gasteiger partial charge in [0.05, 0.1) is 17.0 Å². The maximum atomic E-state index is 12.9. The van der Waals surface area contributed by atoms with Crippen LogP contribution < -0.4 is 0 Å². The van der Waals surface area contributed by atoms with Gasteiger partial charge in [-0.25, -0.2) is 4.98 Å². The van der Waals surface area contributed by atoms with Crippen LogP contribution in [0.3, 0.4) is 0 Å². The Hall–Kier alpha value is -3.93. The molecule has 0 aliphatic rings. The lowest BCUT2D eigenvalue weighted by atomic mass is 10.0.